The molecule has 0 aliphatic carbocycles. The summed E-state index contributed by atoms with van der Waals surface area (Å²) in [4.78, 5) is 10.9. The van der Waals surface area contributed by atoms with Gasteiger partial charge in [-0.25, -0.2) is 0 Å². The fourth-order valence-corrected chi connectivity index (χ4v) is 3.05. The fraction of sp³-hybridized carbons (Fsp3) is 0.222. The third-order valence-corrected chi connectivity index (χ3v) is 4.16. The van der Waals surface area contributed by atoms with Gasteiger partial charge < -0.3 is 5.11 Å². The maximum absolute atomic E-state index is 11.3. The second kappa shape index (κ2) is 5.73. The summed E-state index contributed by atoms with van der Waals surface area (Å²) in [5.74, 6) is 0. The number of aliphatic hydroxyl groups is 1. The van der Waals surface area contributed by atoms with Crippen LogP contribution in [0.3, 0.4) is 0 Å². The highest BCUT2D eigenvalue weighted by Gasteiger charge is 2.31. The quantitative estimate of drug-likeness (QED) is 0.448. The molecule has 0 fully saturated rings. The Labute approximate surface area is 128 Å². The van der Waals surface area contributed by atoms with E-state index < -0.39 is 12.1 Å². The molecule has 0 amide bonds. The molecule has 0 saturated carbocycles. The van der Waals surface area contributed by atoms with Crippen LogP contribution in [0, 0.1) is 10.1 Å². The number of benzene rings is 3. The first-order valence-corrected chi connectivity index (χ1v) is 7.35. The van der Waals surface area contributed by atoms with Crippen LogP contribution in [0.4, 0.5) is 0 Å². The smallest absolute Gasteiger partial charge is 0.242 e. The molecule has 112 valence electrons. The minimum atomic E-state index is -1.13. The van der Waals surface area contributed by atoms with E-state index in [1.54, 1.807) is 6.92 Å². The minimum Gasteiger partial charge on any atom is -0.381 e. The van der Waals surface area contributed by atoms with Crippen molar-refractivity contribution in [2.45, 2.75) is 25.5 Å². The van der Waals surface area contributed by atoms with Gasteiger partial charge in [-0.05, 0) is 27.6 Å². The summed E-state index contributed by atoms with van der Waals surface area (Å²) in [6.07, 6.45) is -0.845. The molecule has 3 rings (SSSR count). The van der Waals surface area contributed by atoms with Crippen molar-refractivity contribution in [2.24, 2.45) is 0 Å². The van der Waals surface area contributed by atoms with Crippen molar-refractivity contribution in [3.8, 4) is 0 Å². The maximum Gasteiger partial charge on any atom is 0.242 e. The van der Waals surface area contributed by atoms with E-state index in [1.165, 1.54) is 0 Å². The SMILES string of the molecule is CC[C@H]([C@@H](O)c1c2ccccc2cc2ccccc12)[N+](=O)[O-]. The van der Waals surface area contributed by atoms with Gasteiger partial charge in [0.25, 0.3) is 0 Å². The highest BCUT2D eigenvalue weighted by atomic mass is 16.6. The van der Waals surface area contributed by atoms with E-state index in [4.69, 9.17) is 0 Å². The van der Waals surface area contributed by atoms with E-state index in [9.17, 15) is 15.2 Å². The van der Waals surface area contributed by atoms with Gasteiger partial charge in [-0.3, -0.25) is 10.1 Å². The lowest BCUT2D eigenvalue weighted by Crippen LogP contribution is -2.27. The van der Waals surface area contributed by atoms with Crippen LogP contribution in [0.1, 0.15) is 25.0 Å². The van der Waals surface area contributed by atoms with Crippen LogP contribution in [0.15, 0.2) is 54.6 Å². The molecule has 0 heterocycles. The Hall–Kier alpha value is -2.46. The predicted octanol–water partition coefficient (Wildman–Crippen LogP) is 4.08. The standard InChI is InChI=1S/C18H17NO3/c1-2-16(19(21)22)18(20)17-14-9-5-3-7-12(14)11-13-8-4-6-10-15(13)17/h3-11,16,18,20H,2H2,1H3/t16-,18-/m1/s1. The molecule has 0 radical (unpaired) electrons. The molecular weight excluding hydrogens is 278 g/mol. The molecular formula is C18H17NO3. The van der Waals surface area contributed by atoms with Crippen molar-refractivity contribution in [3.05, 3.63) is 70.3 Å². The first-order chi connectivity index (χ1) is 10.6. The molecule has 0 bridgehead atoms. The molecule has 4 heteroatoms. The monoisotopic (exact) mass is 295 g/mol. The van der Waals surface area contributed by atoms with Gasteiger partial charge in [0, 0.05) is 16.9 Å². The zero-order valence-electron chi connectivity index (χ0n) is 12.3. The summed E-state index contributed by atoms with van der Waals surface area (Å²) in [5.41, 5.74) is 0.650. The highest BCUT2D eigenvalue weighted by Crippen LogP contribution is 2.35. The topological polar surface area (TPSA) is 63.4 Å². The fourth-order valence-electron chi connectivity index (χ4n) is 3.05. The molecule has 3 aromatic rings. The normalized spacial score (nSPS) is 14.1. The number of fused-ring (bicyclic) bond motifs is 2. The van der Waals surface area contributed by atoms with Crippen molar-refractivity contribution >= 4 is 21.5 Å². The van der Waals surface area contributed by atoms with Crippen LogP contribution >= 0.6 is 0 Å². The third kappa shape index (κ3) is 2.31. The second-order valence-corrected chi connectivity index (χ2v) is 5.44. The Kier molecular flexibility index (Phi) is 3.77. The van der Waals surface area contributed by atoms with Crippen molar-refractivity contribution in [1.82, 2.24) is 0 Å². The Balaban J connectivity index is 2.35. The van der Waals surface area contributed by atoms with Crippen LogP contribution in [-0.2, 0) is 0 Å². The highest BCUT2D eigenvalue weighted by molar-refractivity contribution is 6.02. The Morgan fingerprint density at radius 1 is 1.05 bits per heavy atom. The van der Waals surface area contributed by atoms with Gasteiger partial charge in [-0.15, -0.1) is 0 Å². The third-order valence-electron chi connectivity index (χ3n) is 4.16. The van der Waals surface area contributed by atoms with Crippen LogP contribution in [-0.4, -0.2) is 16.1 Å². The van der Waals surface area contributed by atoms with Gasteiger partial charge in [0.15, 0.2) is 0 Å². The molecule has 0 spiro atoms. The Morgan fingerprint density at radius 3 is 2.00 bits per heavy atom. The summed E-state index contributed by atoms with van der Waals surface area (Å²) < 4.78 is 0. The molecule has 0 unspecified atom stereocenters. The zero-order chi connectivity index (χ0) is 15.7. The minimum absolute atomic E-state index is 0.283. The number of nitro groups is 1. The molecule has 0 aromatic heterocycles. The summed E-state index contributed by atoms with van der Waals surface area (Å²) in [6.45, 7) is 1.73. The lowest BCUT2D eigenvalue weighted by Gasteiger charge is -2.19. The van der Waals surface area contributed by atoms with Gasteiger partial charge in [-0.1, -0.05) is 55.5 Å². The van der Waals surface area contributed by atoms with E-state index in [-0.39, 0.29) is 11.3 Å². The van der Waals surface area contributed by atoms with E-state index >= 15 is 0 Å². The molecule has 1 N–H and O–H groups in total. The van der Waals surface area contributed by atoms with Crippen LogP contribution in [0.25, 0.3) is 21.5 Å². The summed E-state index contributed by atoms with van der Waals surface area (Å²) in [5, 5.41) is 25.7. The first-order valence-electron chi connectivity index (χ1n) is 7.35. The Bertz CT molecular complexity index is 790. The first kappa shape index (κ1) is 14.5. The lowest BCUT2D eigenvalue weighted by molar-refractivity contribution is -0.536. The number of nitrogens with zero attached hydrogens (tertiary/aromatic N) is 1. The second-order valence-electron chi connectivity index (χ2n) is 5.44. The van der Waals surface area contributed by atoms with E-state index in [0.717, 1.165) is 21.5 Å². The van der Waals surface area contributed by atoms with Crippen molar-refractivity contribution in [1.29, 1.82) is 0 Å². The lowest BCUT2D eigenvalue weighted by atomic mass is 9.90. The van der Waals surface area contributed by atoms with E-state index in [2.05, 4.69) is 0 Å². The van der Waals surface area contributed by atoms with Crippen LogP contribution < -0.4 is 0 Å². The van der Waals surface area contributed by atoms with Crippen LogP contribution in [0.2, 0.25) is 0 Å². The molecule has 0 aliphatic heterocycles. The zero-order valence-corrected chi connectivity index (χ0v) is 12.3. The van der Waals surface area contributed by atoms with Gasteiger partial charge in [0.1, 0.15) is 6.10 Å². The largest absolute Gasteiger partial charge is 0.381 e. The summed E-state index contributed by atoms with van der Waals surface area (Å²) in [7, 11) is 0. The van der Waals surface area contributed by atoms with Crippen molar-refractivity contribution in [3.63, 3.8) is 0 Å². The average Bonchev–Trinajstić information content (AvgIpc) is 2.52. The molecule has 2 atom stereocenters. The molecule has 0 saturated heterocycles. The van der Waals surface area contributed by atoms with Gasteiger partial charge in [0.05, 0.1) is 0 Å². The number of aliphatic hydroxyl groups excluding tert-OH is 1. The predicted molar refractivity (Wildman–Crippen MR) is 87.5 cm³/mol. The van der Waals surface area contributed by atoms with Crippen molar-refractivity contribution in [2.75, 3.05) is 0 Å². The molecule has 3 aromatic carbocycles. The molecule has 0 aliphatic rings. The van der Waals surface area contributed by atoms with E-state index in [0.29, 0.717) is 5.56 Å². The van der Waals surface area contributed by atoms with Crippen LogP contribution in [0.5, 0.6) is 0 Å². The van der Waals surface area contributed by atoms with Gasteiger partial charge >= 0.3 is 0 Å². The van der Waals surface area contributed by atoms with Gasteiger partial charge in [-0.2, -0.15) is 0 Å². The summed E-state index contributed by atoms with van der Waals surface area (Å²) in [6, 6.07) is 16.4. The molecule has 4 nitrogen and oxygen atoms in total. The number of rotatable bonds is 4. The Morgan fingerprint density at radius 2 is 1.55 bits per heavy atom. The maximum atomic E-state index is 11.3. The average molecular weight is 295 g/mol. The van der Waals surface area contributed by atoms with Crippen molar-refractivity contribution < 1.29 is 10.0 Å². The number of hydrogen-bond donors (Lipinski definition) is 1. The summed E-state index contributed by atoms with van der Waals surface area (Å²) >= 11 is 0. The number of hydrogen-bond acceptors (Lipinski definition) is 3. The molecule has 22 heavy (non-hydrogen) atoms. The van der Waals surface area contributed by atoms with E-state index in [1.807, 2.05) is 54.6 Å². The van der Waals surface area contributed by atoms with Gasteiger partial charge in [0.2, 0.25) is 6.04 Å².